The summed E-state index contributed by atoms with van der Waals surface area (Å²) >= 11 is 2.01. The maximum absolute atomic E-state index is 3.70. The summed E-state index contributed by atoms with van der Waals surface area (Å²) < 4.78 is 0. The average Bonchev–Trinajstić information content (AvgIpc) is 2.98. The van der Waals surface area contributed by atoms with Gasteiger partial charge in [0.05, 0.1) is 0 Å². The highest BCUT2D eigenvalue weighted by atomic mass is 32.1. The molecule has 2 rings (SSSR count). The molecular formula is C17H29NS. The second-order valence-electron chi connectivity index (χ2n) is 6.95. The van der Waals surface area contributed by atoms with Crippen molar-refractivity contribution in [2.75, 3.05) is 6.54 Å². The summed E-state index contributed by atoms with van der Waals surface area (Å²) in [6.07, 6.45) is 7.11. The molecule has 1 saturated carbocycles. The van der Waals surface area contributed by atoms with Gasteiger partial charge in [-0.3, -0.25) is 0 Å². The second-order valence-corrected chi connectivity index (χ2v) is 8.06. The summed E-state index contributed by atoms with van der Waals surface area (Å²) in [5, 5.41) is 3.70. The standard InChI is InChI=1S/C17H29NS/c1-5-18-14(12-13-8-6-7-9-13)15-10-11-16(19-15)17(2,3)4/h10-11,13-14,18H,5-9,12H2,1-4H3. The molecule has 0 amide bonds. The van der Waals surface area contributed by atoms with Gasteiger partial charge in [-0.05, 0) is 36.4 Å². The highest BCUT2D eigenvalue weighted by Gasteiger charge is 2.23. The van der Waals surface area contributed by atoms with Gasteiger partial charge in [0.2, 0.25) is 0 Å². The third-order valence-electron chi connectivity index (χ3n) is 4.20. The number of nitrogens with one attached hydrogen (secondary N) is 1. The summed E-state index contributed by atoms with van der Waals surface area (Å²) in [7, 11) is 0. The SMILES string of the molecule is CCNC(CC1CCCC1)c1ccc(C(C)(C)C)s1. The van der Waals surface area contributed by atoms with Crippen molar-refractivity contribution in [3.8, 4) is 0 Å². The summed E-state index contributed by atoms with van der Waals surface area (Å²) in [5.41, 5.74) is 0.285. The molecule has 0 radical (unpaired) electrons. The maximum Gasteiger partial charge on any atom is 0.0417 e. The van der Waals surface area contributed by atoms with Crippen molar-refractivity contribution in [3.05, 3.63) is 21.9 Å². The van der Waals surface area contributed by atoms with Crippen molar-refractivity contribution < 1.29 is 0 Å². The highest BCUT2D eigenvalue weighted by molar-refractivity contribution is 7.12. The first kappa shape index (κ1) is 15.1. The number of hydrogen-bond acceptors (Lipinski definition) is 2. The maximum atomic E-state index is 3.70. The average molecular weight is 279 g/mol. The van der Waals surface area contributed by atoms with Crippen LogP contribution in [0.25, 0.3) is 0 Å². The highest BCUT2D eigenvalue weighted by Crippen LogP contribution is 2.37. The van der Waals surface area contributed by atoms with Crippen LogP contribution < -0.4 is 5.32 Å². The van der Waals surface area contributed by atoms with Crippen LogP contribution in [0.1, 0.15) is 75.6 Å². The van der Waals surface area contributed by atoms with E-state index in [1.165, 1.54) is 37.0 Å². The first-order valence-electron chi connectivity index (χ1n) is 7.84. The van der Waals surface area contributed by atoms with Gasteiger partial charge in [-0.2, -0.15) is 0 Å². The second kappa shape index (κ2) is 6.41. The molecule has 0 aliphatic heterocycles. The minimum Gasteiger partial charge on any atom is -0.310 e. The molecular weight excluding hydrogens is 250 g/mol. The molecule has 19 heavy (non-hydrogen) atoms. The Morgan fingerprint density at radius 1 is 1.26 bits per heavy atom. The molecule has 0 saturated heterocycles. The van der Waals surface area contributed by atoms with Gasteiger partial charge in [0.1, 0.15) is 0 Å². The molecule has 108 valence electrons. The fraction of sp³-hybridized carbons (Fsp3) is 0.765. The lowest BCUT2D eigenvalue weighted by atomic mass is 9.94. The van der Waals surface area contributed by atoms with Crippen LogP contribution in [0.15, 0.2) is 12.1 Å². The van der Waals surface area contributed by atoms with E-state index >= 15 is 0 Å². The molecule has 1 heterocycles. The summed E-state index contributed by atoms with van der Waals surface area (Å²) in [6.45, 7) is 10.2. The molecule has 0 spiro atoms. The lowest BCUT2D eigenvalue weighted by Gasteiger charge is -2.21. The summed E-state index contributed by atoms with van der Waals surface area (Å²) in [6, 6.07) is 5.26. The molecule has 1 atom stereocenters. The quantitative estimate of drug-likeness (QED) is 0.773. The minimum absolute atomic E-state index is 0.285. The van der Waals surface area contributed by atoms with Gasteiger partial charge in [-0.25, -0.2) is 0 Å². The van der Waals surface area contributed by atoms with Crippen molar-refractivity contribution in [3.63, 3.8) is 0 Å². The first-order chi connectivity index (χ1) is 9.00. The monoisotopic (exact) mass is 279 g/mol. The molecule has 1 unspecified atom stereocenters. The van der Waals surface area contributed by atoms with Crippen molar-refractivity contribution in [1.29, 1.82) is 0 Å². The van der Waals surface area contributed by atoms with Crippen LogP contribution in [-0.4, -0.2) is 6.54 Å². The van der Waals surface area contributed by atoms with E-state index in [0.717, 1.165) is 12.5 Å². The summed E-state index contributed by atoms with van der Waals surface area (Å²) in [4.78, 5) is 3.05. The van der Waals surface area contributed by atoms with Crippen LogP contribution in [0.3, 0.4) is 0 Å². The van der Waals surface area contributed by atoms with Crippen molar-refractivity contribution in [1.82, 2.24) is 5.32 Å². The summed E-state index contributed by atoms with van der Waals surface area (Å²) in [5.74, 6) is 0.948. The lowest BCUT2D eigenvalue weighted by Crippen LogP contribution is -2.22. The van der Waals surface area contributed by atoms with E-state index in [1.54, 1.807) is 4.88 Å². The Morgan fingerprint density at radius 3 is 2.47 bits per heavy atom. The Hall–Kier alpha value is -0.340. The Morgan fingerprint density at radius 2 is 1.95 bits per heavy atom. The predicted molar refractivity (Wildman–Crippen MR) is 86.0 cm³/mol. The molecule has 1 fully saturated rings. The number of rotatable bonds is 5. The van der Waals surface area contributed by atoms with Gasteiger partial charge in [0.25, 0.3) is 0 Å². The van der Waals surface area contributed by atoms with Gasteiger partial charge in [-0.15, -0.1) is 11.3 Å². The smallest absolute Gasteiger partial charge is 0.0417 e. The van der Waals surface area contributed by atoms with E-state index in [0.29, 0.717) is 6.04 Å². The molecule has 1 aromatic heterocycles. The molecule has 1 aliphatic rings. The van der Waals surface area contributed by atoms with Crippen LogP contribution in [0.4, 0.5) is 0 Å². The van der Waals surface area contributed by atoms with E-state index in [1.807, 2.05) is 11.3 Å². The number of hydrogen-bond donors (Lipinski definition) is 1. The zero-order chi connectivity index (χ0) is 13.9. The van der Waals surface area contributed by atoms with Crippen LogP contribution in [0.5, 0.6) is 0 Å². The fourth-order valence-corrected chi connectivity index (χ4v) is 4.22. The topological polar surface area (TPSA) is 12.0 Å². The van der Waals surface area contributed by atoms with Crippen LogP contribution in [0, 0.1) is 5.92 Å². The van der Waals surface area contributed by atoms with Crippen LogP contribution in [0.2, 0.25) is 0 Å². The zero-order valence-corrected chi connectivity index (χ0v) is 13.8. The number of thiophene rings is 1. The Bertz CT molecular complexity index is 382. The largest absolute Gasteiger partial charge is 0.310 e. The predicted octanol–water partition coefficient (Wildman–Crippen LogP) is 5.28. The van der Waals surface area contributed by atoms with Crippen LogP contribution in [-0.2, 0) is 5.41 Å². The van der Waals surface area contributed by atoms with E-state index in [4.69, 9.17) is 0 Å². The minimum atomic E-state index is 0.285. The fourth-order valence-electron chi connectivity index (χ4n) is 3.07. The molecule has 0 bridgehead atoms. The van der Waals surface area contributed by atoms with E-state index < -0.39 is 0 Å². The van der Waals surface area contributed by atoms with E-state index in [2.05, 4.69) is 45.1 Å². The molecule has 2 heteroatoms. The lowest BCUT2D eigenvalue weighted by molar-refractivity contribution is 0.405. The Balaban J connectivity index is 2.07. The molecule has 1 nitrogen and oxygen atoms in total. The first-order valence-corrected chi connectivity index (χ1v) is 8.66. The van der Waals surface area contributed by atoms with Gasteiger partial charge in [-0.1, -0.05) is 53.4 Å². The van der Waals surface area contributed by atoms with Gasteiger partial charge in [0.15, 0.2) is 0 Å². The normalized spacial score (nSPS) is 18.9. The van der Waals surface area contributed by atoms with E-state index in [-0.39, 0.29) is 5.41 Å². The van der Waals surface area contributed by atoms with Gasteiger partial charge < -0.3 is 5.32 Å². The molecule has 1 aliphatic carbocycles. The van der Waals surface area contributed by atoms with E-state index in [9.17, 15) is 0 Å². The Kier molecular flexibility index (Phi) is 5.08. The van der Waals surface area contributed by atoms with Gasteiger partial charge >= 0.3 is 0 Å². The molecule has 1 aromatic rings. The molecule has 1 N–H and O–H groups in total. The third kappa shape index (κ3) is 4.06. The third-order valence-corrected chi connectivity index (χ3v) is 5.83. The van der Waals surface area contributed by atoms with Crippen LogP contribution >= 0.6 is 11.3 Å². The van der Waals surface area contributed by atoms with Crippen molar-refractivity contribution in [2.45, 2.75) is 71.3 Å². The van der Waals surface area contributed by atoms with Crippen molar-refractivity contribution in [2.24, 2.45) is 5.92 Å². The van der Waals surface area contributed by atoms with Gasteiger partial charge in [0, 0.05) is 15.8 Å². The molecule has 0 aromatic carbocycles. The zero-order valence-electron chi connectivity index (χ0n) is 13.0. The Labute approximate surface area is 122 Å². The van der Waals surface area contributed by atoms with Crippen molar-refractivity contribution >= 4 is 11.3 Å².